The van der Waals surface area contributed by atoms with Gasteiger partial charge in [-0.05, 0) is 13.0 Å². The minimum Gasteiger partial charge on any atom is -0.350 e. The first-order chi connectivity index (χ1) is 8.65. The van der Waals surface area contributed by atoms with Crippen molar-refractivity contribution in [3.63, 3.8) is 0 Å². The van der Waals surface area contributed by atoms with Crippen LogP contribution < -0.4 is 5.32 Å². The van der Waals surface area contributed by atoms with Gasteiger partial charge >= 0.3 is 0 Å². The number of thiazole rings is 1. The van der Waals surface area contributed by atoms with E-state index in [0.29, 0.717) is 13.1 Å². The first-order valence-corrected chi connectivity index (χ1v) is 6.69. The number of hydrogen-bond donors (Lipinski definition) is 1. The zero-order chi connectivity index (χ0) is 13.0. The molecule has 0 aliphatic carbocycles. The molecule has 0 fully saturated rings. The highest BCUT2D eigenvalue weighted by Crippen LogP contribution is 2.08. The Labute approximate surface area is 110 Å². The summed E-state index contributed by atoms with van der Waals surface area (Å²) in [7, 11) is 0. The first-order valence-electron chi connectivity index (χ1n) is 5.81. The molecule has 0 bridgehead atoms. The molecule has 96 valence electrons. The monoisotopic (exact) mass is 264 g/mol. The van der Waals surface area contributed by atoms with E-state index in [4.69, 9.17) is 0 Å². The number of aromatic nitrogens is 3. The van der Waals surface area contributed by atoms with Crippen molar-refractivity contribution < 1.29 is 4.79 Å². The largest absolute Gasteiger partial charge is 0.350 e. The lowest BCUT2D eigenvalue weighted by molar-refractivity contribution is -0.125. The first kappa shape index (κ1) is 12.8. The molecular formula is C12H16N4OS. The van der Waals surface area contributed by atoms with Crippen LogP contribution in [0.3, 0.4) is 0 Å². The maximum atomic E-state index is 11.9. The number of carbonyl (C=O) groups is 1. The average molecular weight is 264 g/mol. The summed E-state index contributed by atoms with van der Waals surface area (Å²) >= 11 is 1.59. The number of carbonyl (C=O) groups excluding carboxylic acids is 1. The van der Waals surface area contributed by atoms with Gasteiger partial charge in [0, 0.05) is 17.8 Å². The Balaban J connectivity index is 1.80. The summed E-state index contributed by atoms with van der Waals surface area (Å²) < 4.78 is 1.76. The molecule has 0 spiro atoms. The van der Waals surface area contributed by atoms with Crippen molar-refractivity contribution in [1.82, 2.24) is 20.1 Å². The molecule has 1 N–H and O–H groups in total. The van der Waals surface area contributed by atoms with Gasteiger partial charge in [-0.15, -0.1) is 11.3 Å². The second-order valence-corrected chi connectivity index (χ2v) is 5.27. The second kappa shape index (κ2) is 5.77. The van der Waals surface area contributed by atoms with Crippen molar-refractivity contribution in [2.45, 2.75) is 26.9 Å². The predicted octanol–water partition coefficient (Wildman–Crippen LogP) is 1.60. The lowest BCUT2D eigenvalue weighted by Gasteiger charge is -2.11. The van der Waals surface area contributed by atoms with Gasteiger partial charge in [-0.25, -0.2) is 4.98 Å². The van der Waals surface area contributed by atoms with Crippen molar-refractivity contribution in [2.75, 3.05) is 0 Å². The van der Waals surface area contributed by atoms with Crippen LogP contribution in [-0.2, 0) is 17.9 Å². The second-order valence-electron chi connectivity index (χ2n) is 4.20. The van der Waals surface area contributed by atoms with E-state index in [9.17, 15) is 4.79 Å². The number of amides is 1. The SMILES string of the molecule is Cc1nc(CNC(=O)C(C)Cn2cccn2)cs1. The highest BCUT2D eigenvalue weighted by molar-refractivity contribution is 7.09. The summed E-state index contributed by atoms with van der Waals surface area (Å²) in [6.45, 7) is 4.93. The molecule has 5 nitrogen and oxygen atoms in total. The van der Waals surface area contributed by atoms with Crippen molar-refractivity contribution >= 4 is 17.2 Å². The number of nitrogens with one attached hydrogen (secondary N) is 1. The fourth-order valence-corrected chi connectivity index (χ4v) is 2.23. The van der Waals surface area contributed by atoms with Crippen molar-refractivity contribution in [1.29, 1.82) is 0 Å². The van der Waals surface area contributed by atoms with Crippen molar-refractivity contribution in [2.24, 2.45) is 5.92 Å². The molecular weight excluding hydrogens is 248 g/mol. The molecule has 18 heavy (non-hydrogen) atoms. The summed E-state index contributed by atoms with van der Waals surface area (Å²) in [5.41, 5.74) is 0.914. The Morgan fingerprint density at radius 1 is 1.61 bits per heavy atom. The van der Waals surface area contributed by atoms with Crippen LogP contribution in [0.25, 0.3) is 0 Å². The highest BCUT2D eigenvalue weighted by atomic mass is 32.1. The third kappa shape index (κ3) is 3.40. The minimum atomic E-state index is -0.107. The Morgan fingerprint density at radius 2 is 2.44 bits per heavy atom. The third-order valence-electron chi connectivity index (χ3n) is 2.58. The van der Waals surface area contributed by atoms with Gasteiger partial charge in [0.1, 0.15) is 0 Å². The van der Waals surface area contributed by atoms with E-state index in [1.807, 2.05) is 31.5 Å². The standard InChI is InChI=1S/C12H16N4OS/c1-9(7-16-5-3-4-14-16)12(17)13-6-11-8-18-10(2)15-11/h3-5,8-9H,6-7H2,1-2H3,(H,13,17). The van der Waals surface area contributed by atoms with Crippen LogP contribution in [0.4, 0.5) is 0 Å². The predicted molar refractivity (Wildman–Crippen MR) is 70.1 cm³/mol. The van der Waals surface area contributed by atoms with Crippen LogP contribution in [0.15, 0.2) is 23.8 Å². The fraction of sp³-hybridized carbons (Fsp3) is 0.417. The van der Waals surface area contributed by atoms with Gasteiger partial charge in [-0.1, -0.05) is 6.92 Å². The Kier molecular flexibility index (Phi) is 4.09. The van der Waals surface area contributed by atoms with Gasteiger partial charge in [0.05, 0.1) is 29.7 Å². The molecule has 2 heterocycles. The number of nitrogens with zero attached hydrogens (tertiary/aromatic N) is 3. The maximum absolute atomic E-state index is 11.9. The van der Waals surface area contributed by atoms with E-state index in [2.05, 4.69) is 15.4 Å². The Hall–Kier alpha value is -1.69. The molecule has 1 unspecified atom stereocenters. The normalized spacial score (nSPS) is 12.3. The smallest absolute Gasteiger partial charge is 0.225 e. The van der Waals surface area contributed by atoms with Crippen LogP contribution >= 0.6 is 11.3 Å². The van der Waals surface area contributed by atoms with E-state index in [0.717, 1.165) is 10.7 Å². The fourth-order valence-electron chi connectivity index (χ4n) is 1.61. The lowest BCUT2D eigenvalue weighted by atomic mass is 10.1. The van der Waals surface area contributed by atoms with E-state index < -0.39 is 0 Å². The zero-order valence-corrected chi connectivity index (χ0v) is 11.3. The van der Waals surface area contributed by atoms with Gasteiger partial charge in [0.15, 0.2) is 0 Å². The van der Waals surface area contributed by atoms with E-state index in [-0.39, 0.29) is 11.8 Å². The van der Waals surface area contributed by atoms with Gasteiger partial charge in [0.2, 0.25) is 5.91 Å². The summed E-state index contributed by atoms with van der Waals surface area (Å²) in [6, 6.07) is 1.85. The van der Waals surface area contributed by atoms with E-state index in [1.54, 1.807) is 22.2 Å². The van der Waals surface area contributed by atoms with E-state index in [1.165, 1.54) is 0 Å². The summed E-state index contributed by atoms with van der Waals surface area (Å²) in [5, 5.41) is 9.96. The molecule has 0 saturated carbocycles. The molecule has 1 amide bonds. The van der Waals surface area contributed by atoms with Gasteiger partial charge < -0.3 is 5.32 Å². The van der Waals surface area contributed by atoms with Crippen LogP contribution in [0, 0.1) is 12.8 Å². The molecule has 0 radical (unpaired) electrons. The van der Waals surface area contributed by atoms with Crippen molar-refractivity contribution in [3.8, 4) is 0 Å². The molecule has 0 aliphatic rings. The maximum Gasteiger partial charge on any atom is 0.225 e. The molecule has 0 aromatic carbocycles. The highest BCUT2D eigenvalue weighted by Gasteiger charge is 2.13. The molecule has 6 heteroatoms. The van der Waals surface area contributed by atoms with Gasteiger partial charge in [-0.3, -0.25) is 9.48 Å². The van der Waals surface area contributed by atoms with Gasteiger partial charge in [-0.2, -0.15) is 5.10 Å². The summed E-state index contributed by atoms with van der Waals surface area (Å²) in [4.78, 5) is 16.2. The molecule has 1 atom stereocenters. The number of aryl methyl sites for hydroxylation is 1. The summed E-state index contributed by atoms with van der Waals surface area (Å²) in [6.07, 6.45) is 3.57. The van der Waals surface area contributed by atoms with Gasteiger partial charge in [0.25, 0.3) is 0 Å². The summed E-state index contributed by atoms with van der Waals surface area (Å²) in [5.74, 6) is -0.0826. The third-order valence-corrected chi connectivity index (χ3v) is 3.40. The molecule has 2 aromatic heterocycles. The molecule has 0 saturated heterocycles. The Bertz CT molecular complexity index is 506. The zero-order valence-electron chi connectivity index (χ0n) is 10.5. The van der Waals surface area contributed by atoms with E-state index >= 15 is 0 Å². The quantitative estimate of drug-likeness (QED) is 0.892. The minimum absolute atomic E-state index is 0.0242. The van der Waals surface area contributed by atoms with Crippen LogP contribution in [0.5, 0.6) is 0 Å². The molecule has 2 aromatic rings. The lowest BCUT2D eigenvalue weighted by Crippen LogP contribution is -2.31. The average Bonchev–Trinajstić information content (AvgIpc) is 2.97. The Morgan fingerprint density at radius 3 is 3.06 bits per heavy atom. The molecule has 2 rings (SSSR count). The topological polar surface area (TPSA) is 59.8 Å². The van der Waals surface area contributed by atoms with Crippen LogP contribution in [-0.4, -0.2) is 20.7 Å². The van der Waals surface area contributed by atoms with Crippen LogP contribution in [0.1, 0.15) is 17.6 Å². The van der Waals surface area contributed by atoms with Crippen LogP contribution in [0.2, 0.25) is 0 Å². The number of hydrogen-bond acceptors (Lipinski definition) is 4. The molecule has 0 aliphatic heterocycles. The number of rotatable bonds is 5. The van der Waals surface area contributed by atoms with Crippen molar-refractivity contribution in [3.05, 3.63) is 34.5 Å².